The molecule has 1 fully saturated rings. The number of hydrogen-bond donors (Lipinski definition) is 0. The molecule has 3 aromatic rings. The van der Waals surface area contributed by atoms with Crippen LogP contribution < -0.4 is 9.47 Å². The molecular formula is C30H36N2O6. The van der Waals surface area contributed by atoms with Crippen LogP contribution in [0.4, 0.5) is 0 Å². The quantitative estimate of drug-likeness (QED) is 0.332. The second-order valence-corrected chi connectivity index (χ2v) is 9.40. The van der Waals surface area contributed by atoms with Gasteiger partial charge >= 0.3 is 5.97 Å². The van der Waals surface area contributed by atoms with Gasteiger partial charge in [0.1, 0.15) is 5.76 Å². The van der Waals surface area contributed by atoms with E-state index in [0.717, 1.165) is 5.56 Å². The predicted molar refractivity (Wildman–Crippen MR) is 143 cm³/mol. The number of hydrogen-bond acceptors (Lipinski definition) is 7. The Morgan fingerprint density at radius 3 is 2.29 bits per heavy atom. The summed E-state index contributed by atoms with van der Waals surface area (Å²) in [6.07, 6.45) is 1.21. The Morgan fingerprint density at radius 1 is 0.895 bits per heavy atom. The standard InChI is InChI=1S/C30H36N2O6/c1-4-37-30(34)24-14-16-32(17-15-24)29(33)27-13-11-25(38-27)21-31(19-22-8-6-5-7-9-22)20-23-10-12-26(35-2)28(18-23)36-3/h5-13,18,24H,4,14-17,19-21H2,1-3H3. The SMILES string of the molecule is CCOC(=O)C1CCN(C(=O)c2ccc(CN(Cc3ccccc3)Cc3ccc(OC)c(OC)c3)o2)CC1. The van der Waals surface area contributed by atoms with Gasteiger partial charge in [0, 0.05) is 26.2 Å². The summed E-state index contributed by atoms with van der Waals surface area (Å²) in [5.41, 5.74) is 2.26. The molecule has 0 N–H and O–H groups in total. The number of rotatable bonds is 11. The zero-order valence-electron chi connectivity index (χ0n) is 22.4. The topological polar surface area (TPSA) is 81.5 Å². The monoisotopic (exact) mass is 520 g/mol. The van der Waals surface area contributed by atoms with Crippen LogP contribution in [-0.2, 0) is 29.2 Å². The summed E-state index contributed by atoms with van der Waals surface area (Å²) < 4.78 is 22.0. The minimum absolute atomic E-state index is 0.144. The maximum absolute atomic E-state index is 13.1. The molecule has 202 valence electrons. The second kappa shape index (κ2) is 13.1. The van der Waals surface area contributed by atoms with Crippen LogP contribution in [0.25, 0.3) is 0 Å². The van der Waals surface area contributed by atoms with E-state index in [-0.39, 0.29) is 17.8 Å². The molecule has 1 aromatic heterocycles. The molecule has 8 nitrogen and oxygen atoms in total. The summed E-state index contributed by atoms with van der Waals surface area (Å²) in [6, 6.07) is 19.8. The highest BCUT2D eigenvalue weighted by atomic mass is 16.5. The minimum atomic E-state index is -0.173. The fourth-order valence-electron chi connectivity index (χ4n) is 4.78. The molecule has 0 saturated carbocycles. The van der Waals surface area contributed by atoms with Gasteiger partial charge in [-0.3, -0.25) is 14.5 Å². The van der Waals surface area contributed by atoms with Crippen LogP contribution in [0.2, 0.25) is 0 Å². The third-order valence-corrected chi connectivity index (χ3v) is 6.76. The smallest absolute Gasteiger partial charge is 0.309 e. The van der Waals surface area contributed by atoms with E-state index in [4.69, 9.17) is 18.6 Å². The van der Waals surface area contributed by atoms with Crippen molar-refractivity contribution in [3.8, 4) is 11.5 Å². The number of methoxy groups -OCH3 is 2. The summed E-state index contributed by atoms with van der Waals surface area (Å²) in [7, 11) is 3.25. The van der Waals surface area contributed by atoms with E-state index in [1.54, 1.807) is 32.1 Å². The number of nitrogens with zero attached hydrogens (tertiary/aromatic N) is 2. The van der Waals surface area contributed by atoms with Crippen molar-refractivity contribution >= 4 is 11.9 Å². The van der Waals surface area contributed by atoms with E-state index < -0.39 is 0 Å². The van der Waals surface area contributed by atoms with Gasteiger partial charge in [-0.1, -0.05) is 36.4 Å². The summed E-state index contributed by atoms with van der Waals surface area (Å²) in [5.74, 6) is 1.94. The number of piperidine rings is 1. The van der Waals surface area contributed by atoms with Gasteiger partial charge in [-0.05, 0) is 55.2 Å². The van der Waals surface area contributed by atoms with Crippen LogP contribution in [-0.4, -0.2) is 55.6 Å². The third kappa shape index (κ3) is 6.95. The van der Waals surface area contributed by atoms with E-state index in [0.29, 0.717) is 75.2 Å². The first-order chi connectivity index (χ1) is 18.5. The van der Waals surface area contributed by atoms with Crippen molar-refractivity contribution in [1.82, 2.24) is 9.80 Å². The van der Waals surface area contributed by atoms with E-state index in [1.807, 2.05) is 42.5 Å². The number of esters is 1. The van der Waals surface area contributed by atoms with Crippen LogP contribution in [0.15, 0.2) is 65.1 Å². The zero-order valence-corrected chi connectivity index (χ0v) is 22.4. The summed E-state index contributed by atoms with van der Waals surface area (Å²) >= 11 is 0. The molecule has 2 heterocycles. The Kier molecular flexibility index (Phi) is 9.43. The number of amides is 1. The van der Waals surface area contributed by atoms with Crippen LogP contribution in [0.3, 0.4) is 0 Å². The molecule has 2 aromatic carbocycles. The number of benzene rings is 2. The van der Waals surface area contributed by atoms with Crippen LogP contribution in [0.1, 0.15) is 47.2 Å². The molecule has 4 rings (SSSR count). The average molecular weight is 521 g/mol. The third-order valence-electron chi connectivity index (χ3n) is 6.76. The van der Waals surface area contributed by atoms with Crippen molar-refractivity contribution in [1.29, 1.82) is 0 Å². The molecule has 1 aliphatic rings. The van der Waals surface area contributed by atoms with Crippen molar-refractivity contribution < 1.29 is 28.2 Å². The minimum Gasteiger partial charge on any atom is -0.493 e. The van der Waals surface area contributed by atoms with Crippen molar-refractivity contribution in [3.05, 3.63) is 83.3 Å². The normalized spacial score (nSPS) is 13.9. The van der Waals surface area contributed by atoms with Crippen molar-refractivity contribution in [2.45, 2.75) is 39.4 Å². The molecule has 0 aliphatic carbocycles. The maximum Gasteiger partial charge on any atom is 0.309 e. The lowest BCUT2D eigenvalue weighted by molar-refractivity contribution is -0.149. The maximum atomic E-state index is 13.1. The molecule has 0 unspecified atom stereocenters. The van der Waals surface area contributed by atoms with E-state index in [1.165, 1.54) is 5.56 Å². The Balaban J connectivity index is 1.43. The molecule has 0 spiro atoms. The molecule has 1 saturated heterocycles. The molecule has 0 atom stereocenters. The Bertz CT molecular complexity index is 1200. The predicted octanol–water partition coefficient (Wildman–Crippen LogP) is 4.91. The summed E-state index contributed by atoms with van der Waals surface area (Å²) in [4.78, 5) is 29.1. The van der Waals surface area contributed by atoms with Gasteiger partial charge in [-0.25, -0.2) is 0 Å². The first kappa shape index (κ1) is 27.3. The lowest BCUT2D eigenvalue weighted by Crippen LogP contribution is -2.40. The Hall–Kier alpha value is -3.78. The Morgan fingerprint density at radius 2 is 1.61 bits per heavy atom. The molecule has 38 heavy (non-hydrogen) atoms. The van der Waals surface area contributed by atoms with E-state index in [9.17, 15) is 9.59 Å². The Labute approximate surface area is 224 Å². The van der Waals surface area contributed by atoms with Gasteiger partial charge in [0.15, 0.2) is 17.3 Å². The van der Waals surface area contributed by atoms with E-state index >= 15 is 0 Å². The van der Waals surface area contributed by atoms with Crippen molar-refractivity contribution in [2.75, 3.05) is 33.9 Å². The molecule has 0 radical (unpaired) electrons. The summed E-state index contributed by atoms with van der Waals surface area (Å²) in [5, 5.41) is 0. The number of ether oxygens (including phenoxy) is 3. The largest absolute Gasteiger partial charge is 0.493 e. The highest BCUT2D eigenvalue weighted by molar-refractivity contribution is 5.91. The molecule has 1 amide bonds. The van der Waals surface area contributed by atoms with Crippen molar-refractivity contribution in [2.24, 2.45) is 5.92 Å². The fourth-order valence-corrected chi connectivity index (χ4v) is 4.78. The lowest BCUT2D eigenvalue weighted by Gasteiger charge is -2.30. The first-order valence-electron chi connectivity index (χ1n) is 13.0. The highest BCUT2D eigenvalue weighted by Gasteiger charge is 2.29. The fraction of sp³-hybridized carbons (Fsp3) is 0.400. The molecule has 0 bridgehead atoms. The van der Waals surface area contributed by atoms with Crippen LogP contribution in [0, 0.1) is 5.92 Å². The number of carbonyl (C=O) groups is 2. The molecule has 8 heteroatoms. The average Bonchev–Trinajstić information content (AvgIpc) is 3.41. The van der Waals surface area contributed by atoms with Gasteiger partial charge in [0.25, 0.3) is 5.91 Å². The van der Waals surface area contributed by atoms with Crippen LogP contribution >= 0.6 is 0 Å². The highest BCUT2D eigenvalue weighted by Crippen LogP contribution is 2.29. The van der Waals surface area contributed by atoms with Crippen LogP contribution in [0.5, 0.6) is 11.5 Å². The zero-order chi connectivity index (χ0) is 26.9. The van der Waals surface area contributed by atoms with Gasteiger partial charge in [0.2, 0.25) is 0 Å². The molecule has 1 aliphatic heterocycles. The van der Waals surface area contributed by atoms with Gasteiger partial charge < -0.3 is 23.5 Å². The molecular weight excluding hydrogens is 484 g/mol. The lowest BCUT2D eigenvalue weighted by atomic mass is 9.97. The van der Waals surface area contributed by atoms with E-state index in [2.05, 4.69) is 17.0 Å². The summed E-state index contributed by atoms with van der Waals surface area (Å²) in [6.45, 7) is 5.10. The first-order valence-corrected chi connectivity index (χ1v) is 13.0. The second-order valence-electron chi connectivity index (χ2n) is 9.40. The van der Waals surface area contributed by atoms with Gasteiger partial charge in [-0.15, -0.1) is 0 Å². The number of carbonyl (C=O) groups excluding carboxylic acids is 2. The number of furan rings is 1. The number of likely N-dealkylation sites (tertiary alicyclic amines) is 1. The van der Waals surface area contributed by atoms with Gasteiger partial charge in [0.05, 0.1) is 33.3 Å². The van der Waals surface area contributed by atoms with Crippen molar-refractivity contribution in [3.63, 3.8) is 0 Å². The van der Waals surface area contributed by atoms with Gasteiger partial charge in [-0.2, -0.15) is 0 Å².